The van der Waals surface area contributed by atoms with Gasteiger partial charge in [0.1, 0.15) is 6.61 Å². The Morgan fingerprint density at radius 1 is 0.489 bits per heavy atom. The summed E-state index contributed by atoms with van der Waals surface area (Å²) in [5, 5.41) is 0. The minimum absolute atomic E-state index is 0.0123. The standard InChI is InChI=1S/C38H75O8P/c1-4-7-9-11-13-15-17-19-21-23-25-27-29-31-37(39)43-34-36(35-45-47(41,42)44-33-6-3)46-38(40)32-30-28-26-24-22-20-18-16-14-12-10-8-5-2/h36H,4-35H2,1-3H3,(H,41,42)/p-1/t36-/m1/s1. The fraction of sp³-hybridized carbons (Fsp3) is 0.947. The minimum atomic E-state index is -4.53. The number of hydrogen-bond donors (Lipinski definition) is 0. The molecule has 0 N–H and O–H groups in total. The highest BCUT2D eigenvalue weighted by molar-refractivity contribution is 7.45. The lowest BCUT2D eigenvalue weighted by atomic mass is 10.0. The first kappa shape index (κ1) is 46.0. The molecular weight excluding hydrogens is 615 g/mol. The molecule has 0 aliphatic heterocycles. The zero-order valence-electron chi connectivity index (χ0n) is 30.9. The Labute approximate surface area is 289 Å². The molecule has 0 saturated carbocycles. The number of esters is 2. The highest BCUT2D eigenvalue weighted by atomic mass is 31.2. The van der Waals surface area contributed by atoms with Crippen molar-refractivity contribution < 1.29 is 37.6 Å². The van der Waals surface area contributed by atoms with E-state index in [0.717, 1.165) is 32.1 Å². The number of rotatable bonds is 37. The quantitative estimate of drug-likeness (QED) is 0.0360. The predicted octanol–water partition coefficient (Wildman–Crippen LogP) is 11.3. The van der Waals surface area contributed by atoms with Gasteiger partial charge in [-0.15, -0.1) is 0 Å². The van der Waals surface area contributed by atoms with Crippen LogP contribution in [0.4, 0.5) is 0 Å². The summed E-state index contributed by atoms with van der Waals surface area (Å²) in [4.78, 5) is 36.9. The van der Waals surface area contributed by atoms with Crippen LogP contribution in [0.15, 0.2) is 0 Å². The van der Waals surface area contributed by atoms with Gasteiger partial charge in [0, 0.05) is 12.8 Å². The second kappa shape index (κ2) is 34.9. The van der Waals surface area contributed by atoms with E-state index < -0.39 is 26.5 Å². The molecule has 0 heterocycles. The van der Waals surface area contributed by atoms with Gasteiger partial charge in [-0.25, -0.2) is 0 Å². The van der Waals surface area contributed by atoms with Crippen molar-refractivity contribution in [3.63, 3.8) is 0 Å². The van der Waals surface area contributed by atoms with Crippen molar-refractivity contribution in [2.75, 3.05) is 19.8 Å². The molecule has 0 aromatic carbocycles. The molecule has 9 heteroatoms. The second-order valence-electron chi connectivity index (χ2n) is 13.4. The molecule has 0 amide bonds. The number of carbonyl (C=O) groups is 2. The monoisotopic (exact) mass is 690 g/mol. The molecule has 0 radical (unpaired) electrons. The predicted molar refractivity (Wildman–Crippen MR) is 191 cm³/mol. The number of carbonyl (C=O) groups excluding carboxylic acids is 2. The van der Waals surface area contributed by atoms with Crippen LogP contribution in [0.3, 0.4) is 0 Å². The molecule has 0 rings (SSSR count). The van der Waals surface area contributed by atoms with E-state index in [2.05, 4.69) is 13.8 Å². The normalized spacial score (nSPS) is 13.4. The largest absolute Gasteiger partial charge is 0.756 e. The molecule has 2 atom stereocenters. The van der Waals surface area contributed by atoms with Crippen molar-refractivity contribution in [2.45, 2.75) is 213 Å². The lowest BCUT2D eigenvalue weighted by molar-refractivity contribution is -0.228. The molecule has 0 aliphatic carbocycles. The summed E-state index contributed by atoms with van der Waals surface area (Å²) in [7, 11) is -4.53. The molecule has 0 spiro atoms. The maximum absolute atomic E-state index is 12.5. The van der Waals surface area contributed by atoms with Gasteiger partial charge in [0.15, 0.2) is 6.10 Å². The number of hydrogen-bond acceptors (Lipinski definition) is 8. The van der Waals surface area contributed by atoms with E-state index in [-0.39, 0.29) is 32.0 Å². The van der Waals surface area contributed by atoms with Gasteiger partial charge in [0.25, 0.3) is 7.82 Å². The minimum Gasteiger partial charge on any atom is -0.756 e. The zero-order valence-corrected chi connectivity index (χ0v) is 31.8. The van der Waals surface area contributed by atoms with E-state index in [1.807, 2.05) is 0 Å². The van der Waals surface area contributed by atoms with Gasteiger partial charge in [0.05, 0.1) is 13.2 Å². The van der Waals surface area contributed by atoms with Crippen molar-refractivity contribution >= 4 is 19.8 Å². The maximum atomic E-state index is 12.5. The van der Waals surface area contributed by atoms with Crippen molar-refractivity contribution in [2.24, 2.45) is 0 Å². The third-order valence-corrected chi connectivity index (χ3v) is 9.53. The smallest absolute Gasteiger partial charge is 0.306 e. The van der Waals surface area contributed by atoms with Crippen LogP contribution in [-0.2, 0) is 32.7 Å². The van der Waals surface area contributed by atoms with E-state index in [1.165, 1.54) is 128 Å². The van der Waals surface area contributed by atoms with Gasteiger partial charge in [-0.3, -0.25) is 14.2 Å². The molecule has 0 saturated heterocycles. The van der Waals surface area contributed by atoms with Crippen molar-refractivity contribution in [3.05, 3.63) is 0 Å². The zero-order chi connectivity index (χ0) is 34.7. The molecular formula is C38H74O8P-. The first-order chi connectivity index (χ1) is 22.8. The lowest BCUT2D eigenvalue weighted by Gasteiger charge is -2.25. The summed E-state index contributed by atoms with van der Waals surface area (Å²) in [5.74, 6) is -0.817. The summed E-state index contributed by atoms with van der Waals surface area (Å²) >= 11 is 0. The Hall–Kier alpha value is -0.950. The van der Waals surface area contributed by atoms with Crippen molar-refractivity contribution in [1.29, 1.82) is 0 Å². The molecule has 0 aromatic heterocycles. The average Bonchev–Trinajstić information content (AvgIpc) is 3.05. The summed E-state index contributed by atoms with van der Waals surface area (Å²) in [6.45, 7) is 5.61. The Morgan fingerprint density at radius 3 is 1.23 bits per heavy atom. The molecule has 280 valence electrons. The molecule has 47 heavy (non-hydrogen) atoms. The van der Waals surface area contributed by atoms with Crippen LogP contribution in [-0.4, -0.2) is 37.9 Å². The first-order valence-corrected chi connectivity index (χ1v) is 21.3. The van der Waals surface area contributed by atoms with Gasteiger partial charge in [0.2, 0.25) is 0 Å². The molecule has 0 fully saturated rings. The van der Waals surface area contributed by atoms with Crippen LogP contribution in [0.1, 0.15) is 207 Å². The van der Waals surface area contributed by atoms with Gasteiger partial charge >= 0.3 is 11.9 Å². The van der Waals surface area contributed by atoms with Crippen molar-refractivity contribution in [3.8, 4) is 0 Å². The van der Waals surface area contributed by atoms with Gasteiger partial charge < -0.3 is 23.4 Å². The van der Waals surface area contributed by atoms with Crippen LogP contribution < -0.4 is 4.89 Å². The molecule has 0 aromatic rings. The summed E-state index contributed by atoms with van der Waals surface area (Å²) in [6, 6.07) is 0. The summed E-state index contributed by atoms with van der Waals surface area (Å²) in [6.07, 6.45) is 31.8. The van der Waals surface area contributed by atoms with Gasteiger partial charge in [-0.1, -0.05) is 175 Å². The lowest BCUT2D eigenvalue weighted by Crippen LogP contribution is -2.30. The van der Waals surface area contributed by atoms with Crippen LogP contribution in [0, 0.1) is 0 Å². The molecule has 0 aliphatic rings. The number of unbranched alkanes of at least 4 members (excludes halogenated alkanes) is 24. The Morgan fingerprint density at radius 2 is 0.851 bits per heavy atom. The maximum Gasteiger partial charge on any atom is 0.306 e. The van der Waals surface area contributed by atoms with Crippen LogP contribution in [0.2, 0.25) is 0 Å². The van der Waals surface area contributed by atoms with E-state index in [1.54, 1.807) is 6.92 Å². The Bertz CT molecular complexity index is 747. The number of phosphoric acid groups is 1. The van der Waals surface area contributed by atoms with E-state index in [0.29, 0.717) is 12.8 Å². The van der Waals surface area contributed by atoms with Crippen LogP contribution >= 0.6 is 7.82 Å². The fourth-order valence-corrected chi connectivity index (χ4v) is 6.44. The third-order valence-electron chi connectivity index (χ3n) is 8.57. The SMILES string of the molecule is CCCCCCCCCCCCCCCC(=O)OC[C@H](COP(=O)([O-])OCCC)OC(=O)CCCCCCCCCCCCCCC. The van der Waals surface area contributed by atoms with E-state index >= 15 is 0 Å². The first-order valence-electron chi connectivity index (χ1n) is 19.8. The summed E-state index contributed by atoms with van der Waals surface area (Å²) < 4.78 is 32.5. The fourth-order valence-electron chi connectivity index (χ4n) is 5.61. The van der Waals surface area contributed by atoms with Gasteiger partial charge in [-0.2, -0.15) is 0 Å². The summed E-state index contributed by atoms with van der Waals surface area (Å²) in [5.41, 5.74) is 0. The Balaban J connectivity index is 4.18. The van der Waals surface area contributed by atoms with Crippen molar-refractivity contribution in [1.82, 2.24) is 0 Å². The van der Waals surface area contributed by atoms with E-state index in [9.17, 15) is 19.0 Å². The number of phosphoric ester groups is 1. The Kier molecular flexibility index (Phi) is 34.2. The van der Waals surface area contributed by atoms with Gasteiger partial charge in [-0.05, 0) is 19.3 Å². The van der Waals surface area contributed by atoms with E-state index in [4.69, 9.17) is 18.5 Å². The molecule has 0 bridgehead atoms. The third kappa shape index (κ3) is 34.7. The second-order valence-corrected chi connectivity index (χ2v) is 14.8. The molecule has 1 unspecified atom stereocenters. The van der Waals surface area contributed by atoms with Crippen LogP contribution in [0.25, 0.3) is 0 Å². The average molecular weight is 690 g/mol. The number of ether oxygens (including phenoxy) is 2. The topological polar surface area (TPSA) is 111 Å². The highest BCUT2D eigenvalue weighted by Gasteiger charge is 2.21. The highest BCUT2D eigenvalue weighted by Crippen LogP contribution is 2.38. The van der Waals surface area contributed by atoms with Crippen LogP contribution in [0.5, 0.6) is 0 Å². The molecule has 8 nitrogen and oxygen atoms in total.